The largest absolute Gasteiger partial charge is 0.472 e. The molecule has 0 saturated heterocycles. The standard InChI is InChI=1S/C16H31O10P/c1-3-5-6-8-16(20)26-14(10-18)12-24-27(21,22)23-11-13(9-17)25-15(19)7-4-2/h13-14,17-18H,3-12H2,1-2H3,(H,21,22). The van der Waals surface area contributed by atoms with Gasteiger partial charge in [-0.1, -0.05) is 26.7 Å². The van der Waals surface area contributed by atoms with Crippen LogP contribution in [0.15, 0.2) is 0 Å². The van der Waals surface area contributed by atoms with E-state index in [4.69, 9.17) is 14.6 Å². The first-order valence-corrected chi connectivity index (χ1v) is 10.5. The predicted molar refractivity (Wildman–Crippen MR) is 94.7 cm³/mol. The van der Waals surface area contributed by atoms with Crippen LogP contribution in [-0.4, -0.2) is 65.7 Å². The highest BCUT2D eigenvalue weighted by molar-refractivity contribution is 7.47. The van der Waals surface area contributed by atoms with Gasteiger partial charge in [-0.25, -0.2) is 4.57 Å². The second-order valence-electron chi connectivity index (χ2n) is 5.86. The van der Waals surface area contributed by atoms with Crippen molar-refractivity contribution >= 4 is 19.8 Å². The van der Waals surface area contributed by atoms with E-state index in [0.717, 1.165) is 12.8 Å². The molecule has 3 atom stereocenters. The molecule has 0 aliphatic carbocycles. The SMILES string of the molecule is CCCCCC(=O)OC(CO)COP(=O)(O)OCC(CO)OC(=O)CCC. The van der Waals surface area contributed by atoms with E-state index in [0.29, 0.717) is 12.8 Å². The lowest BCUT2D eigenvalue weighted by Crippen LogP contribution is -2.28. The van der Waals surface area contributed by atoms with Gasteiger partial charge in [0.05, 0.1) is 26.4 Å². The zero-order valence-electron chi connectivity index (χ0n) is 15.9. The molecule has 10 nitrogen and oxygen atoms in total. The maximum Gasteiger partial charge on any atom is 0.472 e. The molecule has 0 rings (SSSR count). The first-order valence-electron chi connectivity index (χ1n) is 9.00. The molecule has 0 aliphatic rings. The highest BCUT2D eigenvalue weighted by Gasteiger charge is 2.27. The van der Waals surface area contributed by atoms with Crippen LogP contribution in [0.2, 0.25) is 0 Å². The Morgan fingerprint density at radius 3 is 1.74 bits per heavy atom. The summed E-state index contributed by atoms with van der Waals surface area (Å²) in [6, 6.07) is 0. The molecule has 0 radical (unpaired) electrons. The molecule has 0 aliphatic heterocycles. The van der Waals surface area contributed by atoms with Gasteiger partial charge >= 0.3 is 19.8 Å². The highest BCUT2D eigenvalue weighted by Crippen LogP contribution is 2.43. The van der Waals surface area contributed by atoms with Gasteiger partial charge in [0.2, 0.25) is 0 Å². The molecule has 0 spiro atoms. The van der Waals surface area contributed by atoms with E-state index in [1.54, 1.807) is 6.92 Å². The fourth-order valence-corrected chi connectivity index (χ4v) is 2.64. The fraction of sp³-hybridized carbons (Fsp3) is 0.875. The van der Waals surface area contributed by atoms with E-state index in [1.807, 2.05) is 6.92 Å². The van der Waals surface area contributed by atoms with Crippen molar-refractivity contribution in [2.75, 3.05) is 26.4 Å². The fourth-order valence-electron chi connectivity index (χ4n) is 1.85. The molecule has 0 heterocycles. The van der Waals surface area contributed by atoms with Gasteiger partial charge in [-0.2, -0.15) is 0 Å². The Morgan fingerprint density at radius 1 is 0.852 bits per heavy atom. The van der Waals surface area contributed by atoms with E-state index in [1.165, 1.54) is 0 Å². The lowest BCUT2D eigenvalue weighted by atomic mass is 10.2. The van der Waals surface area contributed by atoms with Gasteiger partial charge in [-0.05, 0) is 12.8 Å². The van der Waals surface area contributed by atoms with Gasteiger partial charge in [0, 0.05) is 12.8 Å². The third-order valence-electron chi connectivity index (χ3n) is 3.29. The van der Waals surface area contributed by atoms with E-state index >= 15 is 0 Å². The zero-order chi connectivity index (χ0) is 20.7. The number of unbranched alkanes of at least 4 members (excludes halogenated alkanes) is 2. The molecule has 0 aromatic heterocycles. The van der Waals surface area contributed by atoms with Crippen molar-refractivity contribution < 1.29 is 47.8 Å². The molecule has 27 heavy (non-hydrogen) atoms. The molecule has 3 N–H and O–H groups in total. The number of esters is 2. The molecule has 0 aromatic rings. The van der Waals surface area contributed by atoms with Crippen molar-refractivity contribution in [3.05, 3.63) is 0 Å². The van der Waals surface area contributed by atoms with Gasteiger partial charge < -0.3 is 24.6 Å². The Bertz CT molecular complexity index is 470. The van der Waals surface area contributed by atoms with Crippen LogP contribution in [0.3, 0.4) is 0 Å². The Balaban J connectivity index is 4.32. The van der Waals surface area contributed by atoms with E-state index in [9.17, 15) is 24.2 Å². The predicted octanol–water partition coefficient (Wildman–Crippen LogP) is 1.31. The van der Waals surface area contributed by atoms with Gasteiger partial charge in [0.25, 0.3) is 0 Å². The summed E-state index contributed by atoms with van der Waals surface area (Å²) in [7, 11) is -4.56. The lowest BCUT2D eigenvalue weighted by Gasteiger charge is -2.20. The maximum atomic E-state index is 11.8. The van der Waals surface area contributed by atoms with Crippen LogP contribution < -0.4 is 0 Å². The quantitative estimate of drug-likeness (QED) is 0.192. The van der Waals surface area contributed by atoms with Crippen molar-refractivity contribution in [2.45, 2.75) is 64.6 Å². The smallest absolute Gasteiger partial charge is 0.457 e. The van der Waals surface area contributed by atoms with Crippen LogP contribution in [-0.2, 0) is 32.7 Å². The number of aliphatic hydroxyl groups is 2. The van der Waals surface area contributed by atoms with E-state index in [-0.39, 0.29) is 12.8 Å². The molecule has 160 valence electrons. The molecule has 0 fully saturated rings. The normalized spacial score (nSPS) is 15.6. The summed E-state index contributed by atoms with van der Waals surface area (Å²) in [5.74, 6) is -1.10. The summed E-state index contributed by atoms with van der Waals surface area (Å²) in [6.07, 6.45) is 1.11. The summed E-state index contributed by atoms with van der Waals surface area (Å²) < 4.78 is 31.0. The summed E-state index contributed by atoms with van der Waals surface area (Å²) in [5, 5.41) is 18.3. The van der Waals surface area contributed by atoms with Crippen LogP contribution in [0.4, 0.5) is 0 Å². The number of phosphoric ester groups is 1. The Morgan fingerprint density at radius 2 is 1.33 bits per heavy atom. The van der Waals surface area contributed by atoms with Crippen LogP contribution in [0, 0.1) is 0 Å². The number of rotatable bonds is 16. The first-order chi connectivity index (χ1) is 12.8. The second-order valence-corrected chi connectivity index (χ2v) is 7.31. The summed E-state index contributed by atoms with van der Waals surface area (Å²) in [5.41, 5.74) is 0. The molecule has 3 unspecified atom stereocenters. The number of phosphoric acid groups is 1. The number of hydrogen-bond donors (Lipinski definition) is 3. The molecule has 0 bridgehead atoms. The van der Waals surface area contributed by atoms with Gasteiger partial charge in [0.15, 0.2) is 0 Å². The number of hydrogen-bond acceptors (Lipinski definition) is 9. The highest BCUT2D eigenvalue weighted by atomic mass is 31.2. The van der Waals surface area contributed by atoms with Gasteiger partial charge in [-0.15, -0.1) is 0 Å². The number of ether oxygens (including phenoxy) is 2. The van der Waals surface area contributed by atoms with E-state index in [2.05, 4.69) is 9.05 Å². The van der Waals surface area contributed by atoms with Crippen LogP contribution >= 0.6 is 7.82 Å². The Hall–Kier alpha value is -1.03. The minimum atomic E-state index is -4.56. The zero-order valence-corrected chi connectivity index (χ0v) is 16.8. The third kappa shape index (κ3) is 13.7. The molecular weight excluding hydrogens is 383 g/mol. The van der Waals surface area contributed by atoms with Crippen molar-refractivity contribution in [3.8, 4) is 0 Å². The van der Waals surface area contributed by atoms with Crippen molar-refractivity contribution in [1.29, 1.82) is 0 Å². The summed E-state index contributed by atoms with van der Waals surface area (Å²) in [4.78, 5) is 32.6. The minimum Gasteiger partial charge on any atom is -0.457 e. The van der Waals surface area contributed by atoms with Crippen molar-refractivity contribution in [3.63, 3.8) is 0 Å². The van der Waals surface area contributed by atoms with Crippen LogP contribution in [0.1, 0.15) is 52.4 Å². The topological polar surface area (TPSA) is 149 Å². The molecule has 11 heteroatoms. The van der Waals surface area contributed by atoms with Gasteiger partial charge in [-0.3, -0.25) is 18.6 Å². The monoisotopic (exact) mass is 414 g/mol. The molecule has 0 aromatic carbocycles. The van der Waals surface area contributed by atoms with Crippen LogP contribution in [0.25, 0.3) is 0 Å². The average Bonchev–Trinajstić information content (AvgIpc) is 2.62. The van der Waals surface area contributed by atoms with Gasteiger partial charge in [0.1, 0.15) is 12.2 Å². The number of carbonyl (C=O) groups is 2. The minimum absolute atomic E-state index is 0.144. The average molecular weight is 414 g/mol. The Labute approximate surface area is 159 Å². The molecule has 0 amide bonds. The number of carbonyl (C=O) groups excluding carboxylic acids is 2. The molecule has 0 saturated carbocycles. The maximum absolute atomic E-state index is 11.8. The van der Waals surface area contributed by atoms with Crippen LogP contribution in [0.5, 0.6) is 0 Å². The third-order valence-corrected chi connectivity index (χ3v) is 4.24. The second kappa shape index (κ2) is 15.0. The van der Waals surface area contributed by atoms with Crippen molar-refractivity contribution in [2.24, 2.45) is 0 Å². The number of aliphatic hydroxyl groups excluding tert-OH is 2. The summed E-state index contributed by atoms with van der Waals surface area (Å²) in [6.45, 7) is 1.47. The van der Waals surface area contributed by atoms with Crippen molar-refractivity contribution in [1.82, 2.24) is 0 Å². The van der Waals surface area contributed by atoms with E-state index < -0.39 is 58.4 Å². The lowest BCUT2D eigenvalue weighted by molar-refractivity contribution is -0.153. The first kappa shape index (κ1) is 26.0. The Kier molecular flexibility index (Phi) is 14.4. The molecular formula is C16H31O10P. The summed E-state index contributed by atoms with van der Waals surface area (Å²) >= 11 is 0.